The molecule has 0 aliphatic carbocycles. The van der Waals surface area contributed by atoms with Crippen LogP contribution < -0.4 is 5.32 Å². The molecule has 0 spiro atoms. The van der Waals surface area contributed by atoms with Gasteiger partial charge in [-0.2, -0.15) is 4.80 Å². The van der Waals surface area contributed by atoms with E-state index in [1.165, 1.54) is 4.80 Å². The first kappa shape index (κ1) is 20.6. The Hall–Kier alpha value is -4.33. The zero-order valence-electron chi connectivity index (χ0n) is 18.2. The van der Waals surface area contributed by atoms with E-state index in [0.717, 1.165) is 33.7 Å². The molecule has 0 saturated heterocycles. The van der Waals surface area contributed by atoms with Crippen molar-refractivity contribution < 1.29 is 4.79 Å². The predicted octanol–water partition coefficient (Wildman–Crippen LogP) is 4.31. The quantitative estimate of drug-likeness (QED) is 0.410. The van der Waals surface area contributed by atoms with E-state index in [4.69, 9.17) is 4.98 Å². The monoisotopic (exact) mass is 437 g/mol. The Kier molecular flexibility index (Phi) is 5.63. The number of amides is 1. The maximum Gasteiger partial charge on any atom is 0.224 e. The van der Waals surface area contributed by atoms with Gasteiger partial charge in [0.25, 0.3) is 0 Å². The van der Waals surface area contributed by atoms with Gasteiger partial charge in [0.1, 0.15) is 5.82 Å². The van der Waals surface area contributed by atoms with Crippen LogP contribution >= 0.6 is 0 Å². The second-order valence-corrected chi connectivity index (χ2v) is 7.79. The van der Waals surface area contributed by atoms with Gasteiger partial charge in [0.2, 0.25) is 11.7 Å². The Morgan fingerprint density at radius 1 is 0.909 bits per heavy atom. The zero-order chi connectivity index (χ0) is 22.6. The smallest absolute Gasteiger partial charge is 0.224 e. The number of hydrogen-bond donors (Lipinski definition) is 1. The normalized spacial score (nSPS) is 11.1. The van der Waals surface area contributed by atoms with Crippen LogP contribution in [0.5, 0.6) is 0 Å². The van der Waals surface area contributed by atoms with Crippen LogP contribution in [-0.2, 0) is 18.4 Å². The Bertz CT molecular complexity index is 1390. The van der Waals surface area contributed by atoms with E-state index in [1.54, 1.807) is 0 Å². The van der Waals surface area contributed by atoms with E-state index < -0.39 is 0 Å². The number of tetrazole rings is 1. The molecule has 5 aromatic rings. The minimum absolute atomic E-state index is 0.0473. The molecule has 0 saturated carbocycles. The van der Waals surface area contributed by atoms with E-state index in [9.17, 15) is 4.79 Å². The molecular formula is C25H23N7O. The number of aromatic nitrogens is 6. The van der Waals surface area contributed by atoms with Gasteiger partial charge >= 0.3 is 0 Å². The average Bonchev–Trinajstić information content (AvgIpc) is 3.45. The van der Waals surface area contributed by atoms with E-state index >= 15 is 0 Å². The number of aryl methyl sites for hydroxylation is 2. The fourth-order valence-corrected chi connectivity index (χ4v) is 3.75. The van der Waals surface area contributed by atoms with Crippen LogP contribution in [0, 0.1) is 0 Å². The minimum atomic E-state index is -0.0473. The Labute approximate surface area is 190 Å². The summed E-state index contributed by atoms with van der Waals surface area (Å²) in [7, 11) is 2.01. The standard InChI is InChI=1S/C25H23N7O/c1-31-22-11-6-5-10-21(22)27-25(31)19-13-15-20(16-14-19)26-23(33)12-7-17-32-29-24(28-30-32)18-8-3-2-4-9-18/h2-6,8-11,13-16H,7,12,17H2,1H3,(H,26,33). The summed E-state index contributed by atoms with van der Waals surface area (Å²) in [5.41, 5.74) is 4.72. The lowest BCUT2D eigenvalue weighted by molar-refractivity contribution is -0.116. The Morgan fingerprint density at radius 2 is 1.67 bits per heavy atom. The van der Waals surface area contributed by atoms with Crippen molar-refractivity contribution in [3.8, 4) is 22.8 Å². The van der Waals surface area contributed by atoms with Gasteiger partial charge in [0.05, 0.1) is 17.6 Å². The molecule has 0 fully saturated rings. The number of carbonyl (C=O) groups is 1. The van der Waals surface area contributed by atoms with Crippen molar-refractivity contribution >= 4 is 22.6 Å². The molecule has 1 N–H and O–H groups in total. The number of para-hydroxylation sites is 2. The summed E-state index contributed by atoms with van der Waals surface area (Å²) in [6.45, 7) is 0.527. The number of benzene rings is 3. The Morgan fingerprint density at radius 3 is 2.45 bits per heavy atom. The van der Waals surface area contributed by atoms with Gasteiger partial charge < -0.3 is 9.88 Å². The van der Waals surface area contributed by atoms with Crippen molar-refractivity contribution in [2.24, 2.45) is 7.05 Å². The molecule has 0 aliphatic rings. The van der Waals surface area contributed by atoms with Crippen LogP contribution in [0.25, 0.3) is 33.8 Å². The summed E-state index contributed by atoms with van der Waals surface area (Å²) in [5.74, 6) is 1.43. The molecule has 8 nitrogen and oxygen atoms in total. The number of nitrogens with zero attached hydrogens (tertiary/aromatic N) is 6. The van der Waals surface area contributed by atoms with Crippen LogP contribution in [0.15, 0.2) is 78.9 Å². The predicted molar refractivity (Wildman–Crippen MR) is 127 cm³/mol. The molecular weight excluding hydrogens is 414 g/mol. The maximum atomic E-state index is 12.4. The molecule has 3 aromatic carbocycles. The van der Waals surface area contributed by atoms with Gasteiger partial charge in [-0.05, 0) is 48.0 Å². The molecule has 33 heavy (non-hydrogen) atoms. The lowest BCUT2D eigenvalue weighted by Gasteiger charge is -2.07. The molecule has 2 heterocycles. The van der Waals surface area contributed by atoms with Crippen molar-refractivity contribution in [2.45, 2.75) is 19.4 Å². The number of hydrogen-bond acceptors (Lipinski definition) is 5. The fourth-order valence-electron chi connectivity index (χ4n) is 3.75. The summed E-state index contributed by atoms with van der Waals surface area (Å²) in [6, 6.07) is 25.5. The van der Waals surface area contributed by atoms with Crippen molar-refractivity contribution in [2.75, 3.05) is 5.32 Å². The topological polar surface area (TPSA) is 90.5 Å². The summed E-state index contributed by atoms with van der Waals surface area (Å²) in [4.78, 5) is 18.6. The number of carbonyl (C=O) groups excluding carboxylic acids is 1. The molecule has 2 aromatic heterocycles. The van der Waals surface area contributed by atoms with E-state index in [2.05, 4.69) is 31.4 Å². The summed E-state index contributed by atoms with van der Waals surface area (Å²) in [6.07, 6.45) is 0.989. The fraction of sp³-hybridized carbons (Fsp3) is 0.160. The van der Waals surface area contributed by atoms with Gasteiger partial charge in [0, 0.05) is 30.3 Å². The molecule has 0 radical (unpaired) electrons. The molecule has 5 rings (SSSR count). The number of fused-ring (bicyclic) bond motifs is 1. The van der Waals surface area contributed by atoms with Crippen molar-refractivity contribution in [3.05, 3.63) is 78.9 Å². The van der Waals surface area contributed by atoms with E-state index in [-0.39, 0.29) is 5.91 Å². The second-order valence-electron chi connectivity index (χ2n) is 7.79. The molecule has 8 heteroatoms. The number of nitrogens with one attached hydrogen (secondary N) is 1. The third kappa shape index (κ3) is 4.50. The van der Waals surface area contributed by atoms with Crippen LogP contribution in [-0.4, -0.2) is 35.7 Å². The van der Waals surface area contributed by atoms with Gasteiger partial charge in [-0.25, -0.2) is 4.98 Å². The third-order valence-electron chi connectivity index (χ3n) is 5.46. The molecule has 0 bridgehead atoms. The highest BCUT2D eigenvalue weighted by molar-refractivity contribution is 5.91. The summed E-state index contributed by atoms with van der Waals surface area (Å²) in [5, 5.41) is 15.5. The lowest BCUT2D eigenvalue weighted by Crippen LogP contribution is -2.13. The number of imidazole rings is 1. The number of rotatable bonds is 7. The largest absolute Gasteiger partial charge is 0.327 e. The number of anilines is 1. The van der Waals surface area contributed by atoms with Crippen molar-refractivity contribution in [3.63, 3.8) is 0 Å². The highest BCUT2D eigenvalue weighted by Crippen LogP contribution is 2.24. The summed E-state index contributed by atoms with van der Waals surface area (Å²) < 4.78 is 2.07. The van der Waals surface area contributed by atoms with Gasteiger partial charge in [-0.3, -0.25) is 4.79 Å². The minimum Gasteiger partial charge on any atom is -0.327 e. The zero-order valence-corrected chi connectivity index (χ0v) is 18.2. The molecule has 1 amide bonds. The average molecular weight is 438 g/mol. The van der Waals surface area contributed by atoms with E-state index in [0.29, 0.717) is 25.2 Å². The van der Waals surface area contributed by atoms with Crippen LogP contribution in [0.2, 0.25) is 0 Å². The first-order valence-corrected chi connectivity index (χ1v) is 10.8. The Balaban J connectivity index is 1.15. The molecule has 0 atom stereocenters. The van der Waals surface area contributed by atoms with Crippen molar-refractivity contribution in [1.82, 2.24) is 29.8 Å². The third-order valence-corrected chi connectivity index (χ3v) is 5.46. The second kappa shape index (κ2) is 9.04. The molecule has 0 unspecified atom stereocenters. The van der Waals surface area contributed by atoms with Crippen LogP contribution in [0.3, 0.4) is 0 Å². The lowest BCUT2D eigenvalue weighted by atomic mass is 10.2. The first-order chi connectivity index (χ1) is 16.2. The van der Waals surface area contributed by atoms with Crippen LogP contribution in [0.4, 0.5) is 5.69 Å². The highest BCUT2D eigenvalue weighted by Gasteiger charge is 2.10. The highest BCUT2D eigenvalue weighted by atomic mass is 16.1. The van der Waals surface area contributed by atoms with Crippen molar-refractivity contribution in [1.29, 1.82) is 0 Å². The maximum absolute atomic E-state index is 12.4. The van der Waals surface area contributed by atoms with Crippen LogP contribution in [0.1, 0.15) is 12.8 Å². The molecule has 0 aliphatic heterocycles. The SMILES string of the molecule is Cn1c(-c2ccc(NC(=O)CCCn3nnc(-c4ccccc4)n3)cc2)nc2ccccc21. The summed E-state index contributed by atoms with van der Waals surface area (Å²) >= 11 is 0. The van der Waals surface area contributed by atoms with E-state index in [1.807, 2.05) is 79.8 Å². The van der Waals surface area contributed by atoms with Gasteiger partial charge in [-0.15, -0.1) is 10.2 Å². The molecule has 164 valence electrons. The van der Waals surface area contributed by atoms with Gasteiger partial charge in [0.15, 0.2) is 0 Å². The first-order valence-electron chi connectivity index (χ1n) is 10.8. The van der Waals surface area contributed by atoms with Gasteiger partial charge in [-0.1, -0.05) is 42.5 Å².